The molecule has 2 aromatic rings. The van der Waals surface area contributed by atoms with Gasteiger partial charge in [0.1, 0.15) is 5.75 Å². The van der Waals surface area contributed by atoms with E-state index in [4.69, 9.17) is 14.6 Å². The summed E-state index contributed by atoms with van der Waals surface area (Å²) < 4.78 is 13.1. The van der Waals surface area contributed by atoms with Gasteiger partial charge in [-0.25, -0.2) is 0 Å². The van der Waals surface area contributed by atoms with Gasteiger partial charge in [-0.15, -0.1) is 0 Å². The molecule has 0 unspecified atom stereocenters. The third-order valence-corrected chi connectivity index (χ3v) is 2.83. The summed E-state index contributed by atoms with van der Waals surface area (Å²) in [5, 5.41) is 9.82. The van der Waals surface area contributed by atoms with Gasteiger partial charge in [0.2, 0.25) is 0 Å². The summed E-state index contributed by atoms with van der Waals surface area (Å²) in [6.07, 6.45) is 2.23. The fourth-order valence-electron chi connectivity index (χ4n) is 2.05. The number of aliphatic hydroxyl groups excluding tert-OH is 1. The monoisotopic (exact) mass is 263 g/mol. The van der Waals surface area contributed by atoms with Crippen molar-refractivity contribution in [1.82, 2.24) is 4.57 Å². The van der Waals surface area contributed by atoms with E-state index >= 15 is 0 Å². The number of ether oxygens (including phenoxy) is 2. The lowest BCUT2D eigenvalue weighted by Crippen LogP contribution is -2.07. The van der Waals surface area contributed by atoms with Gasteiger partial charge in [0.15, 0.2) is 0 Å². The molecule has 1 heterocycles. The highest BCUT2D eigenvalue weighted by molar-refractivity contribution is 5.81. The number of nitrogens with zero attached hydrogens (tertiary/aromatic N) is 1. The maximum absolute atomic E-state index is 8.65. The Kier molecular flexibility index (Phi) is 4.82. The minimum absolute atomic E-state index is 0.0718. The zero-order valence-electron chi connectivity index (χ0n) is 11.5. The van der Waals surface area contributed by atoms with Gasteiger partial charge in [-0.2, -0.15) is 0 Å². The first kappa shape index (κ1) is 13.9. The van der Waals surface area contributed by atoms with Crippen LogP contribution in [0.5, 0.6) is 5.75 Å². The average molecular weight is 263 g/mol. The molecule has 0 aliphatic rings. The molecule has 4 heteroatoms. The predicted octanol–water partition coefficient (Wildman–Crippen LogP) is 2.44. The van der Waals surface area contributed by atoms with E-state index in [2.05, 4.69) is 22.8 Å². The van der Waals surface area contributed by atoms with Crippen molar-refractivity contribution in [1.29, 1.82) is 0 Å². The Balaban J connectivity index is 2.06. The van der Waals surface area contributed by atoms with E-state index in [1.54, 1.807) is 0 Å². The van der Waals surface area contributed by atoms with Crippen LogP contribution in [-0.2, 0) is 11.3 Å². The van der Waals surface area contributed by atoms with Crippen molar-refractivity contribution in [2.75, 3.05) is 19.8 Å². The van der Waals surface area contributed by atoms with E-state index in [1.165, 1.54) is 10.9 Å². The van der Waals surface area contributed by atoms with Crippen LogP contribution in [0.2, 0.25) is 0 Å². The van der Waals surface area contributed by atoms with Crippen molar-refractivity contribution in [3.8, 4) is 5.75 Å². The fraction of sp³-hybridized carbons (Fsp3) is 0.467. The zero-order chi connectivity index (χ0) is 13.7. The largest absolute Gasteiger partial charge is 0.491 e. The second kappa shape index (κ2) is 6.59. The van der Waals surface area contributed by atoms with Crippen molar-refractivity contribution in [2.24, 2.45) is 0 Å². The molecular formula is C15H21NO3. The lowest BCUT2D eigenvalue weighted by atomic mass is 10.2. The predicted molar refractivity (Wildman–Crippen MR) is 75.6 cm³/mol. The summed E-state index contributed by atoms with van der Waals surface area (Å²) in [7, 11) is 0. The second-order valence-corrected chi connectivity index (χ2v) is 4.73. The van der Waals surface area contributed by atoms with Crippen molar-refractivity contribution < 1.29 is 14.6 Å². The van der Waals surface area contributed by atoms with Gasteiger partial charge in [-0.05, 0) is 38.1 Å². The van der Waals surface area contributed by atoms with Gasteiger partial charge in [0.05, 0.1) is 25.9 Å². The normalized spacial score (nSPS) is 11.4. The number of hydrogen-bond acceptors (Lipinski definition) is 3. The first-order valence-corrected chi connectivity index (χ1v) is 6.65. The van der Waals surface area contributed by atoms with E-state index in [1.807, 2.05) is 26.1 Å². The van der Waals surface area contributed by atoms with Crippen LogP contribution in [0.3, 0.4) is 0 Å². The number of rotatable bonds is 7. The van der Waals surface area contributed by atoms with Crippen LogP contribution in [-0.4, -0.2) is 35.6 Å². The SMILES string of the molecule is CC(C)Oc1ccc2c(ccn2CCOCCO)c1. The number of hydrogen-bond donors (Lipinski definition) is 1. The van der Waals surface area contributed by atoms with Crippen LogP contribution in [0.1, 0.15) is 13.8 Å². The van der Waals surface area contributed by atoms with Crippen molar-refractivity contribution in [3.05, 3.63) is 30.5 Å². The van der Waals surface area contributed by atoms with Crippen molar-refractivity contribution >= 4 is 10.9 Å². The average Bonchev–Trinajstić information content (AvgIpc) is 2.76. The van der Waals surface area contributed by atoms with Crippen LogP contribution in [0.25, 0.3) is 10.9 Å². The first-order valence-electron chi connectivity index (χ1n) is 6.65. The maximum Gasteiger partial charge on any atom is 0.120 e. The van der Waals surface area contributed by atoms with Gasteiger partial charge in [0.25, 0.3) is 0 Å². The molecule has 0 aliphatic heterocycles. The molecule has 0 bridgehead atoms. The molecule has 19 heavy (non-hydrogen) atoms. The van der Waals surface area contributed by atoms with Gasteiger partial charge in [-0.1, -0.05) is 0 Å². The summed E-state index contributed by atoms with van der Waals surface area (Å²) in [5.41, 5.74) is 1.17. The van der Waals surface area contributed by atoms with E-state index in [-0.39, 0.29) is 12.7 Å². The zero-order valence-corrected chi connectivity index (χ0v) is 11.5. The molecule has 2 rings (SSSR count). The Bertz CT molecular complexity index is 519. The molecule has 4 nitrogen and oxygen atoms in total. The van der Waals surface area contributed by atoms with Crippen LogP contribution in [0.15, 0.2) is 30.5 Å². The van der Waals surface area contributed by atoms with Crippen LogP contribution >= 0.6 is 0 Å². The Morgan fingerprint density at radius 2 is 2.05 bits per heavy atom. The summed E-state index contributed by atoms with van der Waals surface area (Å²) in [5.74, 6) is 0.900. The topological polar surface area (TPSA) is 43.6 Å². The number of benzene rings is 1. The molecule has 0 saturated carbocycles. The molecule has 0 atom stereocenters. The van der Waals surface area contributed by atoms with Crippen LogP contribution in [0, 0.1) is 0 Å². The summed E-state index contributed by atoms with van der Waals surface area (Å²) in [6, 6.07) is 8.20. The Morgan fingerprint density at radius 3 is 2.79 bits per heavy atom. The highest BCUT2D eigenvalue weighted by Crippen LogP contribution is 2.22. The summed E-state index contributed by atoms with van der Waals surface area (Å²) in [6.45, 7) is 5.90. The van der Waals surface area contributed by atoms with E-state index in [0.717, 1.165) is 12.3 Å². The number of aliphatic hydroxyl groups is 1. The molecule has 1 aromatic heterocycles. The van der Waals surface area contributed by atoms with Gasteiger partial charge in [0, 0.05) is 23.6 Å². The molecule has 0 fully saturated rings. The van der Waals surface area contributed by atoms with E-state index < -0.39 is 0 Å². The lowest BCUT2D eigenvalue weighted by molar-refractivity contribution is 0.0875. The molecule has 0 amide bonds. The second-order valence-electron chi connectivity index (χ2n) is 4.73. The van der Waals surface area contributed by atoms with Gasteiger partial charge >= 0.3 is 0 Å². The van der Waals surface area contributed by atoms with Crippen molar-refractivity contribution in [2.45, 2.75) is 26.5 Å². The first-order chi connectivity index (χ1) is 9.20. The molecule has 1 N–H and O–H groups in total. The van der Waals surface area contributed by atoms with Gasteiger partial charge < -0.3 is 19.1 Å². The number of fused-ring (bicyclic) bond motifs is 1. The quantitative estimate of drug-likeness (QED) is 0.780. The molecular weight excluding hydrogens is 242 g/mol. The molecule has 1 aromatic carbocycles. The summed E-state index contributed by atoms with van der Waals surface area (Å²) >= 11 is 0. The standard InChI is InChI=1S/C15H21NO3/c1-12(2)19-14-3-4-15-13(11-14)5-6-16(15)7-9-18-10-8-17/h3-6,11-12,17H,7-10H2,1-2H3. The van der Waals surface area contributed by atoms with Crippen LogP contribution < -0.4 is 4.74 Å². The van der Waals surface area contributed by atoms with Crippen molar-refractivity contribution in [3.63, 3.8) is 0 Å². The highest BCUT2D eigenvalue weighted by Gasteiger charge is 2.04. The van der Waals surface area contributed by atoms with Gasteiger partial charge in [-0.3, -0.25) is 0 Å². The lowest BCUT2D eigenvalue weighted by Gasteiger charge is -2.10. The Hall–Kier alpha value is -1.52. The summed E-state index contributed by atoms with van der Waals surface area (Å²) in [4.78, 5) is 0. The Morgan fingerprint density at radius 1 is 1.21 bits per heavy atom. The molecule has 0 radical (unpaired) electrons. The smallest absolute Gasteiger partial charge is 0.120 e. The minimum atomic E-state index is 0.0718. The maximum atomic E-state index is 8.65. The van der Waals surface area contributed by atoms with E-state index in [0.29, 0.717) is 13.2 Å². The molecule has 0 spiro atoms. The van der Waals surface area contributed by atoms with Crippen LogP contribution in [0.4, 0.5) is 0 Å². The molecule has 0 saturated heterocycles. The highest BCUT2D eigenvalue weighted by atomic mass is 16.5. The third-order valence-electron chi connectivity index (χ3n) is 2.83. The van der Waals surface area contributed by atoms with E-state index in [9.17, 15) is 0 Å². The minimum Gasteiger partial charge on any atom is -0.491 e. The Labute approximate surface area is 113 Å². The third kappa shape index (κ3) is 3.72. The molecule has 0 aliphatic carbocycles. The fourth-order valence-corrected chi connectivity index (χ4v) is 2.05. The molecule has 104 valence electrons. The number of aromatic nitrogens is 1.